The minimum absolute atomic E-state index is 0.357. The number of carbonyl (C=O) groups excluding carboxylic acids is 2. The van der Waals surface area contributed by atoms with E-state index in [9.17, 15) is 9.59 Å². The highest BCUT2D eigenvalue weighted by Gasteiger charge is 2.19. The van der Waals surface area contributed by atoms with Crippen LogP contribution in [0.2, 0.25) is 0 Å². The van der Waals surface area contributed by atoms with E-state index in [4.69, 9.17) is 4.74 Å². The van der Waals surface area contributed by atoms with Gasteiger partial charge in [-0.2, -0.15) is 0 Å². The van der Waals surface area contributed by atoms with Crippen molar-refractivity contribution in [3.8, 4) is 0 Å². The highest BCUT2D eigenvalue weighted by Crippen LogP contribution is 2.18. The van der Waals surface area contributed by atoms with Gasteiger partial charge in [0.05, 0.1) is 5.56 Å². The van der Waals surface area contributed by atoms with Crippen LogP contribution in [0.5, 0.6) is 0 Å². The van der Waals surface area contributed by atoms with Crippen LogP contribution in [-0.4, -0.2) is 18.0 Å². The summed E-state index contributed by atoms with van der Waals surface area (Å²) in [7, 11) is 0. The zero-order valence-corrected chi connectivity index (χ0v) is 14.8. The van der Waals surface area contributed by atoms with Gasteiger partial charge in [0.25, 0.3) is 5.91 Å². The zero-order chi connectivity index (χ0) is 17.0. The van der Waals surface area contributed by atoms with Crippen molar-refractivity contribution in [1.82, 2.24) is 0 Å². The molecular formula is C18H18BrNO3. The van der Waals surface area contributed by atoms with Crippen molar-refractivity contribution in [2.45, 2.75) is 26.9 Å². The van der Waals surface area contributed by atoms with Gasteiger partial charge in [-0.1, -0.05) is 28.1 Å². The highest BCUT2D eigenvalue weighted by atomic mass is 79.9. The lowest BCUT2D eigenvalue weighted by Gasteiger charge is -2.15. The number of hydrogen-bond donors (Lipinski definition) is 1. The Kier molecular flexibility index (Phi) is 5.55. The summed E-state index contributed by atoms with van der Waals surface area (Å²) in [5, 5.41) is 2.79. The fourth-order valence-corrected chi connectivity index (χ4v) is 2.25. The number of amides is 1. The van der Waals surface area contributed by atoms with Crippen molar-refractivity contribution >= 4 is 33.5 Å². The van der Waals surface area contributed by atoms with Crippen LogP contribution >= 0.6 is 15.9 Å². The molecule has 2 rings (SSSR count). The molecule has 0 aliphatic rings. The maximum absolute atomic E-state index is 12.2. The highest BCUT2D eigenvalue weighted by molar-refractivity contribution is 9.10. The molecule has 1 amide bonds. The molecule has 2 aromatic carbocycles. The van der Waals surface area contributed by atoms with Crippen molar-refractivity contribution in [1.29, 1.82) is 0 Å². The first-order valence-corrected chi connectivity index (χ1v) is 8.01. The molecule has 23 heavy (non-hydrogen) atoms. The summed E-state index contributed by atoms with van der Waals surface area (Å²) in [6.45, 7) is 5.46. The third-order valence-corrected chi connectivity index (χ3v) is 4.12. The minimum Gasteiger partial charge on any atom is -0.449 e. The van der Waals surface area contributed by atoms with E-state index in [1.807, 2.05) is 32.0 Å². The van der Waals surface area contributed by atoms with E-state index in [0.29, 0.717) is 5.56 Å². The lowest BCUT2D eigenvalue weighted by molar-refractivity contribution is -0.123. The van der Waals surface area contributed by atoms with Crippen molar-refractivity contribution in [2.75, 3.05) is 5.32 Å². The van der Waals surface area contributed by atoms with Gasteiger partial charge >= 0.3 is 5.97 Å². The Balaban J connectivity index is 2.01. The number of benzene rings is 2. The van der Waals surface area contributed by atoms with Crippen LogP contribution in [0.25, 0.3) is 0 Å². The van der Waals surface area contributed by atoms with Gasteiger partial charge in [-0.3, -0.25) is 4.79 Å². The third-order valence-electron chi connectivity index (χ3n) is 3.60. The smallest absolute Gasteiger partial charge is 0.338 e. The molecule has 0 bridgehead atoms. The van der Waals surface area contributed by atoms with Gasteiger partial charge in [0, 0.05) is 10.2 Å². The number of aryl methyl sites for hydroxylation is 1. The third kappa shape index (κ3) is 4.42. The Morgan fingerprint density at radius 1 is 1.09 bits per heavy atom. The first-order chi connectivity index (χ1) is 10.9. The van der Waals surface area contributed by atoms with Crippen LogP contribution in [-0.2, 0) is 9.53 Å². The van der Waals surface area contributed by atoms with E-state index in [0.717, 1.165) is 21.3 Å². The summed E-state index contributed by atoms with van der Waals surface area (Å²) in [6, 6.07) is 12.4. The Bertz CT molecular complexity index is 726. The first-order valence-electron chi connectivity index (χ1n) is 7.22. The molecule has 0 aromatic heterocycles. The maximum atomic E-state index is 12.2. The van der Waals surface area contributed by atoms with Crippen LogP contribution < -0.4 is 5.32 Å². The molecule has 0 aliphatic carbocycles. The van der Waals surface area contributed by atoms with E-state index in [1.165, 1.54) is 0 Å². The Hall–Kier alpha value is -2.14. The fraction of sp³-hybridized carbons (Fsp3) is 0.222. The van der Waals surface area contributed by atoms with E-state index in [2.05, 4.69) is 21.2 Å². The maximum Gasteiger partial charge on any atom is 0.338 e. The van der Waals surface area contributed by atoms with Crippen molar-refractivity contribution in [2.24, 2.45) is 0 Å². The van der Waals surface area contributed by atoms with Crippen molar-refractivity contribution in [3.63, 3.8) is 0 Å². The summed E-state index contributed by atoms with van der Waals surface area (Å²) in [4.78, 5) is 24.2. The second-order valence-corrected chi connectivity index (χ2v) is 6.21. The SMILES string of the molecule is Cc1cccc(NC(=O)[C@H](C)OC(=O)c2ccc(Br)cc2)c1C. The number of anilines is 1. The number of nitrogens with one attached hydrogen (secondary N) is 1. The lowest BCUT2D eigenvalue weighted by atomic mass is 10.1. The molecule has 0 unspecified atom stereocenters. The average Bonchev–Trinajstić information content (AvgIpc) is 2.52. The van der Waals surface area contributed by atoms with E-state index < -0.39 is 12.1 Å². The first kappa shape index (κ1) is 17.2. The second kappa shape index (κ2) is 7.42. The summed E-state index contributed by atoms with van der Waals surface area (Å²) in [5.41, 5.74) is 3.20. The normalized spacial score (nSPS) is 11.7. The topological polar surface area (TPSA) is 55.4 Å². The van der Waals surface area contributed by atoms with Gasteiger partial charge in [0.15, 0.2) is 6.10 Å². The number of rotatable bonds is 4. The molecule has 5 heteroatoms. The molecule has 0 fully saturated rings. The van der Waals surface area contributed by atoms with Crippen LogP contribution in [0.3, 0.4) is 0 Å². The monoisotopic (exact) mass is 375 g/mol. The molecule has 0 radical (unpaired) electrons. The van der Waals surface area contributed by atoms with Gasteiger partial charge in [0.1, 0.15) is 0 Å². The average molecular weight is 376 g/mol. The number of carbonyl (C=O) groups is 2. The number of esters is 1. The quantitative estimate of drug-likeness (QED) is 0.812. The molecule has 0 heterocycles. The van der Waals surface area contributed by atoms with Gasteiger partial charge in [-0.15, -0.1) is 0 Å². The number of ether oxygens (including phenoxy) is 1. The Morgan fingerprint density at radius 3 is 2.39 bits per heavy atom. The van der Waals surface area contributed by atoms with Crippen LogP contribution in [0, 0.1) is 13.8 Å². The van der Waals surface area contributed by atoms with Gasteiger partial charge in [-0.05, 0) is 62.2 Å². The summed E-state index contributed by atoms with van der Waals surface area (Å²) in [6.07, 6.45) is -0.883. The molecule has 2 aromatic rings. The van der Waals surface area contributed by atoms with E-state index in [-0.39, 0.29) is 5.91 Å². The standard InChI is InChI=1S/C18H18BrNO3/c1-11-5-4-6-16(12(11)2)20-17(21)13(3)23-18(22)14-7-9-15(19)10-8-14/h4-10,13H,1-3H3,(H,20,21)/t13-/m0/s1. The van der Waals surface area contributed by atoms with Gasteiger partial charge in [0.2, 0.25) is 0 Å². The fourth-order valence-electron chi connectivity index (χ4n) is 1.99. The number of hydrogen-bond acceptors (Lipinski definition) is 3. The van der Waals surface area contributed by atoms with Crippen LogP contribution in [0.4, 0.5) is 5.69 Å². The summed E-state index contributed by atoms with van der Waals surface area (Å²) in [5.74, 6) is -0.884. The number of halogens is 1. The molecule has 0 spiro atoms. The van der Waals surface area contributed by atoms with Crippen molar-refractivity contribution < 1.29 is 14.3 Å². The van der Waals surface area contributed by atoms with Crippen LogP contribution in [0.15, 0.2) is 46.9 Å². The van der Waals surface area contributed by atoms with E-state index >= 15 is 0 Å². The summed E-state index contributed by atoms with van der Waals surface area (Å²) < 4.78 is 6.08. The molecule has 4 nitrogen and oxygen atoms in total. The summed E-state index contributed by atoms with van der Waals surface area (Å²) >= 11 is 3.30. The van der Waals surface area contributed by atoms with Gasteiger partial charge < -0.3 is 10.1 Å². The van der Waals surface area contributed by atoms with Crippen LogP contribution in [0.1, 0.15) is 28.4 Å². The van der Waals surface area contributed by atoms with Gasteiger partial charge in [-0.25, -0.2) is 4.79 Å². The zero-order valence-electron chi connectivity index (χ0n) is 13.2. The largest absolute Gasteiger partial charge is 0.449 e. The molecule has 0 saturated heterocycles. The molecule has 120 valence electrons. The lowest BCUT2D eigenvalue weighted by Crippen LogP contribution is -2.30. The Morgan fingerprint density at radius 2 is 1.74 bits per heavy atom. The molecule has 1 atom stereocenters. The van der Waals surface area contributed by atoms with E-state index in [1.54, 1.807) is 31.2 Å². The predicted octanol–water partition coefficient (Wildman–Crippen LogP) is 4.25. The second-order valence-electron chi connectivity index (χ2n) is 5.29. The predicted molar refractivity (Wildman–Crippen MR) is 93.6 cm³/mol. The molecule has 0 saturated carbocycles. The van der Waals surface area contributed by atoms with Crippen molar-refractivity contribution in [3.05, 3.63) is 63.6 Å². The minimum atomic E-state index is -0.883. The molecular weight excluding hydrogens is 358 g/mol. The molecule has 1 N–H and O–H groups in total. The Labute approximate surface area is 144 Å². The molecule has 0 aliphatic heterocycles.